The van der Waals surface area contributed by atoms with Gasteiger partial charge in [0.2, 0.25) is 0 Å². The summed E-state index contributed by atoms with van der Waals surface area (Å²) in [6.45, 7) is 6.56. The molecule has 8 heteroatoms. The molecule has 2 aromatic carbocycles. The number of aromatic nitrogens is 2. The van der Waals surface area contributed by atoms with Crippen molar-refractivity contribution in [3.63, 3.8) is 0 Å². The SMILES string of the molecule is CC(C)(C)COc1ccc2c(c1)C1(CC(F)(F)C(=O)N1)c1cc(-c3cncnc3)ccc1O2. The van der Waals surface area contributed by atoms with Crippen molar-refractivity contribution >= 4 is 5.91 Å². The molecule has 3 heterocycles. The van der Waals surface area contributed by atoms with E-state index in [1.54, 1.807) is 42.7 Å². The van der Waals surface area contributed by atoms with Crippen LogP contribution in [-0.4, -0.2) is 28.4 Å². The summed E-state index contributed by atoms with van der Waals surface area (Å²) in [6.07, 6.45) is 3.97. The Bertz CT molecular complexity index is 1240. The molecule has 1 atom stereocenters. The minimum Gasteiger partial charge on any atom is -0.493 e. The fourth-order valence-corrected chi connectivity index (χ4v) is 4.23. The Labute approximate surface area is 190 Å². The Hall–Kier alpha value is -3.55. The van der Waals surface area contributed by atoms with Gasteiger partial charge in [-0.2, -0.15) is 8.78 Å². The molecular formula is C25H23F2N3O3. The summed E-state index contributed by atoms with van der Waals surface area (Å²) in [4.78, 5) is 20.4. The van der Waals surface area contributed by atoms with E-state index in [2.05, 4.69) is 15.3 Å². The molecule has 1 fully saturated rings. The lowest BCUT2D eigenvalue weighted by Gasteiger charge is -2.37. The average Bonchev–Trinajstić information content (AvgIpc) is 3.02. The van der Waals surface area contributed by atoms with E-state index < -0.39 is 23.8 Å². The fourth-order valence-electron chi connectivity index (χ4n) is 4.23. The monoisotopic (exact) mass is 451 g/mol. The van der Waals surface area contributed by atoms with Gasteiger partial charge in [0.25, 0.3) is 5.91 Å². The molecular weight excluding hydrogens is 428 g/mol. The molecule has 170 valence electrons. The van der Waals surface area contributed by atoms with Crippen molar-refractivity contribution < 1.29 is 23.0 Å². The standard InChI is InChI=1S/C25H23F2N3O3/c1-23(2,3)13-32-17-5-7-21-19(9-17)24(12-25(26,27)22(31)30-24)18-8-15(4-6-20(18)33-21)16-10-28-14-29-11-16/h4-11,14H,12-13H2,1-3H3,(H,30,31). The molecule has 1 unspecified atom stereocenters. The van der Waals surface area contributed by atoms with Crippen LogP contribution < -0.4 is 14.8 Å². The highest BCUT2D eigenvalue weighted by Crippen LogP contribution is 2.55. The number of alkyl halides is 2. The zero-order valence-electron chi connectivity index (χ0n) is 18.5. The van der Waals surface area contributed by atoms with E-state index in [-0.39, 0.29) is 5.41 Å². The van der Waals surface area contributed by atoms with Crippen molar-refractivity contribution in [2.24, 2.45) is 5.41 Å². The zero-order chi connectivity index (χ0) is 23.4. The number of halogens is 2. The van der Waals surface area contributed by atoms with Crippen molar-refractivity contribution in [2.75, 3.05) is 6.61 Å². The Morgan fingerprint density at radius 2 is 1.70 bits per heavy atom. The van der Waals surface area contributed by atoms with Gasteiger partial charge in [0.15, 0.2) is 0 Å². The van der Waals surface area contributed by atoms with E-state index in [0.717, 1.165) is 11.1 Å². The number of carbonyl (C=O) groups is 1. The molecule has 0 radical (unpaired) electrons. The number of benzene rings is 2. The van der Waals surface area contributed by atoms with Crippen LogP contribution in [0.25, 0.3) is 11.1 Å². The number of hydrogen-bond acceptors (Lipinski definition) is 5. The Morgan fingerprint density at radius 1 is 1.03 bits per heavy atom. The number of nitrogens with one attached hydrogen (secondary N) is 1. The number of carbonyl (C=O) groups excluding carboxylic acids is 1. The van der Waals surface area contributed by atoms with E-state index in [1.807, 2.05) is 26.8 Å². The van der Waals surface area contributed by atoms with Gasteiger partial charge in [0, 0.05) is 29.1 Å². The van der Waals surface area contributed by atoms with E-state index in [1.165, 1.54) is 6.33 Å². The van der Waals surface area contributed by atoms with Crippen molar-refractivity contribution in [2.45, 2.75) is 38.7 Å². The van der Waals surface area contributed by atoms with Crippen LogP contribution in [0.5, 0.6) is 17.2 Å². The number of fused-ring (bicyclic) bond motifs is 4. The first-order chi connectivity index (χ1) is 15.6. The molecule has 3 aromatic rings. The van der Waals surface area contributed by atoms with Crippen molar-refractivity contribution in [3.8, 4) is 28.4 Å². The maximum absolute atomic E-state index is 14.7. The van der Waals surface area contributed by atoms with Gasteiger partial charge in [-0.05, 0) is 41.3 Å². The van der Waals surface area contributed by atoms with Crippen LogP contribution in [0.2, 0.25) is 0 Å². The lowest BCUT2D eigenvalue weighted by atomic mass is 9.77. The highest BCUT2D eigenvalue weighted by atomic mass is 19.3. The predicted molar refractivity (Wildman–Crippen MR) is 117 cm³/mol. The molecule has 2 aliphatic rings. The highest BCUT2D eigenvalue weighted by molar-refractivity contribution is 5.89. The number of rotatable bonds is 3. The molecule has 0 saturated carbocycles. The second-order valence-corrected chi connectivity index (χ2v) is 9.69. The van der Waals surface area contributed by atoms with Crippen LogP contribution in [0, 0.1) is 5.41 Å². The molecule has 2 aliphatic heterocycles. The lowest BCUT2D eigenvalue weighted by molar-refractivity contribution is -0.139. The van der Waals surface area contributed by atoms with Crippen LogP contribution in [0.15, 0.2) is 55.1 Å². The molecule has 0 bridgehead atoms. The minimum absolute atomic E-state index is 0.0854. The Balaban J connectivity index is 1.66. The maximum Gasteiger partial charge on any atom is 0.327 e. The van der Waals surface area contributed by atoms with Crippen molar-refractivity contribution in [3.05, 3.63) is 66.2 Å². The summed E-state index contributed by atoms with van der Waals surface area (Å²) >= 11 is 0. The van der Waals surface area contributed by atoms with Gasteiger partial charge in [0.1, 0.15) is 29.1 Å². The van der Waals surface area contributed by atoms with Crippen LogP contribution in [-0.2, 0) is 10.3 Å². The smallest absolute Gasteiger partial charge is 0.327 e. The van der Waals surface area contributed by atoms with Gasteiger partial charge in [0.05, 0.1) is 13.0 Å². The number of amides is 1. The van der Waals surface area contributed by atoms with Crippen LogP contribution in [0.1, 0.15) is 38.3 Å². The molecule has 1 saturated heterocycles. The molecule has 1 N–H and O–H groups in total. The zero-order valence-corrected chi connectivity index (χ0v) is 18.5. The molecule has 1 amide bonds. The van der Waals surface area contributed by atoms with Crippen molar-refractivity contribution in [1.82, 2.24) is 15.3 Å². The van der Waals surface area contributed by atoms with Gasteiger partial charge < -0.3 is 14.8 Å². The topological polar surface area (TPSA) is 73.3 Å². The molecule has 1 aromatic heterocycles. The molecule has 0 aliphatic carbocycles. The van der Waals surface area contributed by atoms with Gasteiger partial charge in [-0.1, -0.05) is 26.8 Å². The van der Waals surface area contributed by atoms with Gasteiger partial charge in [-0.25, -0.2) is 9.97 Å². The summed E-state index contributed by atoms with van der Waals surface area (Å²) in [5, 5.41) is 2.59. The average molecular weight is 451 g/mol. The number of hydrogen-bond donors (Lipinski definition) is 1. The lowest BCUT2D eigenvalue weighted by Crippen LogP contribution is -2.42. The molecule has 1 spiro atoms. The van der Waals surface area contributed by atoms with Crippen LogP contribution in [0.3, 0.4) is 0 Å². The fraction of sp³-hybridized carbons (Fsp3) is 0.320. The van der Waals surface area contributed by atoms with Crippen LogP contribution in [0.4, 0.5) is 8.78 Å². The quantitative estimate of drug-likeness (QED) is 0.602. The minimum atomic E-state index is -3.53. The van der Waals surface area contributed by atoms with Gasteiger partial charge in [-0.15, -0.1) is 0 Å². The van der Waals surface area contributed by atoms with Crippen LogP contribution >= 0.6 is 0 Å². The third kappa shape index (κ3) is 3.69. The first-order valence-corrected chi connectivity index (χ1v) is 10.6. The first-order valence-electron chi connectivity index (χ1n) is 10.6. The normalized spacial score (nSPS) is 20.6. The molecule has 6 nitrogen and oxygen atoms in total. The maximum atomic E-state index is 14.7. The third-order valence-electron chi connectivity index (χ3n) is 5.78. The number of ether oxygens (including phenoxy) is 2. The second-order valence-electron chi connectivity index (χ2n) is 9.69. The summed E-state index contributed by atoms with van der Waals surface area (Å²) in [5.74, 6) is -3.51. The van der Waals surface area contributed by atoms with E-state index in [9.17, 15) is 13.6 Å². The van der Waals surface area contributed by atoms with Gasteiger partial charge >= 0.3 is 5.92 Å². The number of nitrogens with zero attached hydrogens (tertiary/aromatic N) is 2. The van der Waals surface area contributed by atoms with E-state index >= 15 is 0 Å². The molecule has 33 heavy (non-hydrogen) atoms. The summed E-state index contributed by atoms with van der Waals surface area (Å²) < 4.78 is 41.4. The summed E-state index contributed by atoms with van der Waals surface area (Å²) in [5.41, 5.74) is 0.794. The Kier molecular flexibility index (Phi) is 4.67. The Morgan fingerprint density at radius 3 is 2.33 bits per heavy atom. The first kappa shape index (κ1) is 21.3. The van der Waals surface area contributed by atoms with E-state index in [0.29, 0.717) is 35.0 Å². The predicted octanol–water partition coefficient (Wildman–Crippen LogP) is 5.07. The summed E-state index contributed by atoms with van der Waals surface area (Å²) in [7, 11) is 0. The van der Waals surface area contributed by atoms with Crippen molar-refractivity contribution in [1.29, 1.82) is 0 Å². The second kappa shape index (κ2) is 7.23. The largest absolute Gasteiger partial charge is 0.493 e. The molecule has 5 rings (SSSR count). The van der Waals surface area contributed by atoms with E-state index in [4.69, 9.17) is 9.47 Å². The highest BCUT2D eigenvalue weighted by Gasteiger charge is 2.60. The third-order valence-corrected chi connectivity index (χ3v) is 5.78. The van der Waals surface area contributed by atoms with Gasteiger partial charge in [-0.3, -0.25) is 4.79 Å². The summed E-state index contributed by atoms with van der Waals surface area (Å²) in [6, 6.07) is 10.4.